The van der Waals surface area contributed by atoms with Crippen LogP contribution in [0.4, 0.5) is 11.6 Å². The van der Waals surface area contributed by atoms with Gasteiger partial charge in [-0.2, -0.15) is 5.10 Å². The van der Waals surface area contributed by atoms with E-state index in [1.165, 1.54) is 5.56 Å². The summed E-state index contributed by atoms with van der Waals surface area (Å²) in [6, 6.07) is 17.2. The zero-order valence-corrected chi connectivity index (χ0v) is 16.0. The molecule has 0 saturated heterocycles. The standard InChI is InChI=1S/C22H22N4O2/c1-3-16-4-6-17(7-5-16)20-14-21(28-25-20)23-22(27)18-8-10-19(11-9-18)26-13-12-15(2)24-26/h4-11,14H,3,12-13H2,1-2H3,(H,23,27). The van der Waals surface area contributed by atoms with Crippen LogP contribution in [0, 0.1) is 0 Å². The van der Waals surface area contributed by atoms with E-state index in [2.05, 4.69) is 34.6 Å². The third-order valence-corrected chi connectivity index (χ3v) is 4.81. The van der Waals surface area contributed by atoms with Crippen molar-refractivity contribution in [2.24, 2.45) is 5.10 Å². The number of hydrogen-bond donors (Lipinski definition) is 1. The maximum Gasteiger partial charge on any atom is 0.258 e. The van der Waals surface area contributed by atoms with Gasteiger partial charge in [0.2, 0.25) is 5.88 Å². The Bertz CT molecular complexity index is 1000. The molecule has 0 spiro atoms. The smallest absolute Gasteiger partial charge is 0.258 e. The second-order valence-corrected chi connectivity index (χ2v) is 6.84. The van der Waals surface area contributed by atoms with Gasteiger partial charge in [0.1, 0.15) is 5.69 Å². The molecule has 6 heteroatoms. The molecule has 0 atom stereocenters. The normalized spacial score (nSPS) is 13.5. The first kappa shape index (κ1) is 18.0. The molecular weight excluding hydrogens is 352 g/mol. The van der Waals surface area contributed by atoms with Crippen LogP contribution < -0.4 is 10.3 Å². The molecule has 2 aromatic carbocycles. The number of benzene rings is 2. The van der Waals surface area contributed by atoms with Crippen LogP contribution in [0.5, 0.6) is 0 Å². The largest absolute Gasteiger partial charge is 0.338 e. The molecule has 1 amide bonds. The fraction of sp³-hybridized carbons (Fsp3) is 0.227. The van der Waals surface area contributed by atoms with E-state index in [1.54, 1.807) is 18.2 Å². The van der Waals surface area contributed by atoms with E-state index in [9.17, 15) is 4.79 Å². The van der Waals surface area contributed by atoms with Crippen LogP contribution in [0.3, 0.4) is 0 Å². The molecule has 1 aromatic heterocycles. The van der Waals surface area contributed by atoms with Gasteiger partial charge in [-0.15, -0.1) is 0 Å². The third-order valence-electron chi connectivity index (χ3n) is 4.81. The first-order valence-electron chi connectivity index (χ1n) is 9.41. The maximum atomic E-state index is 12.5. The van der Waals surface area contributed by atoms with E-state index in [4.69, 9.17) is 4.52 Å². The van der Waals surface area contributed by atoms with Crippen LogP contribution in [-0.2, 0) is 6.42 Å². The van der Waals surface area contributed by atoms with Crippen molar-refractivity contribution >= 4 is 23.2 Å². The first-order valence-corrected chi connectivity index (χ1v) is 9.41. The highest BCUT2D eigenvalue weighted by Gasteiger charge is 2.15. The van der Waals surface area contributed by atoms with Gasteiger partial charge in [0.25, 0.3) is 5.91 Å². The Morgan fingerprint density at radius 3 is 2.54 bits per heavy atom. The van der Waals surface area contributed by atoms with Gasteiger partial charge in [-0.3, -0.25) is 15.1 Å². The fourth-order valence-electron chi connectivity index (χ4n) is 3.11. The van der Waals surface area contributed by atoms with Crippen LogP contribution in [-0.4, -0.2) is 23.3 Å². The highest BCUT2D eigenvalue weighted by molar-refractivity contribution is 6.04. The summed E-state index contributed by atoms with van der Waals surface area (Å²) in [7, 11) is 0. The molecule has 0 radical (unpaired) electrons. The van der Waals surface area contributed by atoms with Crippen molar-refractivity contribution in [2.45, 2.75) is 26.7 Å². The van der Waals surface area contributed by atoms with Gasteiger partial charge in [0.05, 0.1) is 5.69 Å². The van der Waals surface area contributed by atoms with Crippen molar-refractivity contribution in [2.75, 3.05) is 16.9 Å². The van der Waals surface area contributed by atoms with Gasteiger partial charge < -0.3 is 4.52 Å². The molecule has 0 fully saturated rings. The molecule has 0 unspecified atom stereocenters. The summed E-state index contributed by atoms with van der Waals surface area (Å²) in [4.78, 5) is 12.5. The number of hydrazone groups is 1. The summed E-state index contributed by atoms with van der Waals surface area (Å²) >= 11 is 0. The van der Waals surface area contributed by atoms with Crippen LogP contribution >= 0.6 is 0 Å². The number of rotatable bonds is 5. The lowest BCUT2D eigenvalue weighted by Gasteiger charge is -2.13. The molecule has 3 aromatic rings. The van der Waals surface area contributed by atoms with E-state index in [0.717, 1.165) is 36.3 Å². The van der Waals surface area contributed by atoms with Crippen LogP contribution in [0.2, 0.25) is 0 Å². The minimum Gasteiger partial charge on any atom is -0.338 e. The van der Waals surface area contributed by atoms with Crippen LogP contribution in [0.1, 0.15) is 36.2 Å². The van der Waals surface area contributed by atoms with Gasteiger partial charge in [0, 0.05) is 35.9 Å². The van der Waals surface area contributed by atoms with Gasteiger partial charge in [-0.1, -0.05) is 36.3 Å². The van der Waals surface area contributed by atoms with E-state index >= 15 is 0 Å². The van der Waals surface area contributed by atoms with Gasteiger partial charge in [-0.25, -0.2) is 0 Å². The molecule has 0 aliphatic carbocycles. The van der Waals surface area contributed by atoms with E-state index < -0.39 is 0 Å². The topological polar surface area (TPSA) is 70.7 Å². The molecule has 6 nitrogen and oxygen atoms in total. The lowest BCUT2D eigenvalue weighted by Crippen LogP contribution is -2.14. The van der Waals surface area contributed by atoms with Gasteiger partial charge in [-0.05, 0) is 43.2 Å². The second-order valence-electron chi connectivity index (χ2n) is 6.84. The Morgan fingerprint density at radius 2 is 1.89 bits per heavy atom. The number of nitrogens with zero attached hydrogens (tertiary/aromatic N) is 3. The summed E-state index contributed by atoms with van der Waals surface area (Å²) in [6.07, 6.45) is 1.96. The van der Waals surface area contributed by atoms with Crippen LogP contribution in [0.15, 0.2) is 64.2 Å². The monoisotopic (exact) mass is 374 g/mol. The van der Waals surface area contributed by atoms with Crippen LogP contribution in [0.25, 0.3) is 11.3 Å². The molecule has 4 rings (SSSR count). The van der Waals surface area contributed by atoms with Crippen molar-refractivity contribution < 1.29 is 9.32 Å². The van der Waals surface area contributed by atoms with Crippen molar-refractivity contribution in [3.8, 4) is 11.3 Å². The second kappa shape index (κ2) is 7.68. The Kier molecular flexibility index (Phi) is 4.93. The molecule has 1 aliphatic rings. The first-order chi connectivity index (χ1) is 13.6. The fourth-order valence-corrected chi connectivity index (χ4v) is 3.11. The van der Waals surface area contributed by atoms with E-state index in [-0.39, 0.29) is 5.91 Å². The third kappa shape index (κ3) is 3.81. The molecule has 1 aliphatic heterocycles. The maximum absolute atomic E-state index is 12.5. The van der Waals surface area contributed by atoms with E-state index in [0.29, 0.717) is 17.1 Å². The Hall–Kier alpha value is -3.41. The lowest BCUT2D eigenvalue weighted by molar-refractivity contribution is 0.102. The number of amides is 1. The van der Waals surface area contributed by atoms with Gasteiger partial charge >= 0.3 is 0 Å². The number of aryl methyl sites for hydroxylation is 1. The molecular formula is C22H22N4O2. The zero-order valence-electron chi connectivity index (χ0n) is 16.0. The summed E-state index contributed by atoms with van der Waals surface area (Å²) in [5.74, 6) is 0.0834. The minimum atomic E-state index is -0.239. The summed E-state index contributed by atoms with van der Waals surface area (Å²) in [5.41, 5.74) is 5.55. The predicted molar refractivity (Wildman–Crippen MR) is 111 cm³/mol. The van der Waals surface area contributed by atoms with E-state index in [1.807, 2.05) is 36.2 Å². The Morgan fingerprint density at radius 1 is 1.14 bits per heavy atom. The summed E-state index contributed by atoms with van der Waals surface area (Å²) in [5, 5.41) is 13.2. The average Bonchev–Trinajstić information content (AvgIpc) is 3.37. The van der Waals surface area contributed by atoms with Crippen molar-refractivity contribution in [3.63, 3.8) is 0 Å². The Labute approximate surface area is 163 Å². The predicted octanol–water partition coefficient (Wildman–Crippen LogP) is 4.74. The molecule has 0 saturated carbocycles. The molecule has 142 valence electrons. The highest BCUT2D eigenvalue weighted by Crippen LogP contribution is 2.24. The molecule has 2 heterocycles. The minimum absolute atomic E-state index is 0.239. The average molecular weight is 374 g/mol. The van der Waals surface area contributed by atoms with Crippen molar-refractivity contribution in [3.05, 3.63) is 65.7 Å². The SMILES string of the molecule is CCc1ccc(-c2cc(NC(=O)c3ccc(N4CCC(C)=N4)cc3)on2)cc1. The number of hydrogen-bond acceptors (Lipinski definition) is 5. The number of aromatic nitrogens is 1. The Balaban J connectivity index is 1.43. The zero-order chi connectivity index (χ0) is 19.5. The quantitative estimate of drug-likeness (QED) is 0.700. The number of nitrogens with one attached hydrogen (secondary N) is 1. The molecule has 28 heavy (non-hydrogen) atoms. The van der Waals surface area contributed by atoms with Gasteiger partial charge in [0.15, 0.2) is 0 Å². The number of carbonyl (C=O) groups is 1. The molecule has 0 bridgehead atoms. The van der Waals surface area contributed by atoms with Crippen molar-refractivity contribution in [1.82, 2.24) is 5.16 Å². The molecule has 1 N–H and O–H groups in total. The van der Waals surface area contributed by atoms with Crippen molar-refractivity contribution in [1.29, 1.82) is 0 Å². The number of anilines is 2. The summed E-state index contributed by atoms with van der Waals surface area (Å²) in [6.45, 7) is 5.01. The lowest BCUT2D eigenvalue weighted by atomic mass is 10.1. The summed E-state index contributed by atoms with van der Waals surface area (Å²) < 4.78 is 5.28. The highest BCUT2D eigenvalue weighted by atomic mass is 16.5. The number of carbonyl (C=O) groups excluding carboxylic acids is 1.